The van der Waals surface area contributed by atoms with E-state index in [1.165, 1.54) is 22.3 Å². The third-order valence-corrected chi connectivity index (χ3v) is 7.06. The SMILES string of the molecule is CCN(CC)CCCS(=O)(=O)NC(=O)Nc1c2c(cc3c1CCC3)CCC2. The molecule has 0 radical (unpaired) electrons. The second kappa shape index (κ2) is 8.61. The molecule has 0 atom stereocenters. The van der Waals surface area contributed by atoms with Crippen LogP contribution in [0.5, 0.6) is 0 Å². The van der Waals surface area contributed by atoms with Gasteiger partial charge in [0.05, 0.1) is 5.75 Å². The molecule has 0 aliphatic heterocycles. The maximum atomic E-state index is 12.4. The number of urea groups is 1. The molecule has 0 fully saturated rings. The molecule has 1 aromatic rings. The number of aryl methyl sites for hydroxylation is 2. The summed E-state index contributed by atoms with van der Waals surface area (Å²) in [6.45, 7) is 6.62. The molecule has 0 aromatic heterocycles. The summed E-state index contributed by atoms with van der Waals surface area (Å²) in [7, 11) is -3.63. The molecule has 6 nitrogen and oxygen atoms in total. The first kappa shape index (κ1) is 20.1. The Labute approximate surface area is 162 Å². The van der Waals surface area contributed by atoms with Crippen LogP contribution in [-0.4, -0.2) is 44.7 Å². The summed E-state index contributed by atoms with van der Waals surface area (Å²) in [5.74, 6) is -0.0398. The molecular formula is C20H31N3O3S. The van der Waals surface area contributed by atoms with Gasteiger partial charge in [-0.05, 0) is 86.8 Å². The van der Waals surface area contributed by atoms with Crippen molar-refractivity contribution in [3.8, 4) is 0 Å². The van der Waals surface area contributed by atoms with Gasteiger partial charge in [0, 0.05) is 5.69 Å². The predicted molar refractivity (Wildman–Crippen MR) is 109 cm³/mol. The van der Waals surface area contributed by atoms with Crippen molar-refractivity contribution >= 4 is 21.7 Å². The molecule has 2 amide bonds. The van der Waals surface area contributed by atoms with E-state index >= 15 is 0 Å². The van der Waals surface area contributed by atoms with Crippen LogP contribution >= 0.6 is 0 Å². The van der Waals surface area contributed by atoms with E-state index in [9.17, 15) is 13.2 Å². The number of rotatable bonds is 8. The van der Waals surface area contributed by atoms with Gasteiger partial charge in [0.1, 0.15) is 0 Å². The van der Waals surface area contributed by atoms with Gasteiger partial charge in [-0.1, -0.05) is 19.9 Å². The Morgan fingerprint density at radius 2 is 1.63 bits per heavy atom. The van der Waals surface area contributed by atoms with Gasteiger partial charge in [0.15, 0.2) is 0 Å². The minimum absolute atomic E-state index is 0.0398. The zero-order valence-electron chi connectivity index (χ0n) is 16.4. The average molecular weight is 394 g/mol. The molecule has 2 N–H and O–H groups in total. The van der Waals surface area contributed by atoms with Gasteiger partial charge in [-0.25, -0.2) is 17.9 Å². The number of hydrogen-bond donors (Lipinski definition) is 2. The first-order valence-corrected chi connectivity index (χ1v) is 11.8. The standard InChI is InChI=1S/C20H31N3O3S/c1-3-23(4-2)12-7-13-27(25,26)22-20(24)21-19-17-10-5-8-15(17)14-16-9-6-11-18(16)19/h14H,3-13H2,1-2H3,(H2,21,22,24). The molecule has 1 aromatic carbocycles. The van der Waals surface area contributed by atoms with Crippen molar-refractivity contribution in [1.29, 1.82) is 0 Å². The summed E-state index contributed by atoms with van der Waals surface area (Å²) in [5, 5.41) is 2.88. The van der Waals surface area contributed by atoms with Gasteiger partial charge < -0.3 is 10.2 Å². The van der Waals surface area contributed by atoms with E-state index in [0.717, 1.165) is 63.8 Å². The van der Waals surface area contributed by atoms with E-state index in [2.05, 4.69) is 34.9 Å². The Balaban J connectivity index is 1.63. The molecule has 0 unspecified atom stereocenters. The third kappa shape index (κ3) is 4.82. The van der Waals surface area contributed by atoms with Crippen LogP contribution in [0.25, 0.3) is 0 Å². The lowest BCUT2D eigenvalue weighted by molar-refractivity contribution is 0.256. The van der Waals surface area contributed by atoms with Crippen LogP contribution in [0.4, 0.5) is 10.5 Å². The number of anilines is 1. The first-order chi connectivity index (χ1) is 12.9. The lowest BCUT2D eigenvalue weighted by atomic mass is 9.99. The predicted octanol–water partition coefficient (Wildman–Crippen LogP) is 2.85. The van der Waals surface area contributed by atoms with Crippen molar-refractivity contribution in [2.45, 2.75) is 58.8 Å². The molecule has 2 aliphatic carbocycles. The second-order valence-corrected chi connectivity index (χ2v) is 9.33. The normalized spacial score (nSPS) is 15.7. The third-order valence-electron chi connectivity index (χ3n) is 5.74. The number of carbonyl (C=O) groups is 1. The average Bonchev–Trinajstić information content (AvgIpc) is 3.27. The molecule has 150 valence electrons. The highest BCUT2D eigenvalue weighted by atomic mass is 32.2. The molecule has 7 heteroatoms. The number of sulfonamides is 1. The fourth-order valence-corrected chi connectivity index (χ4v) is 5.26. The van der Waals surface area contributed by atoms with Gasteiger partial charge in [0.2, 0.25) is 10.0 Å². The minimum Gasteiger partial charge on any atom is -0.307 e. The van der Waals surface area contributed by atoms with Crippen LogP contribution in [0.1, 0.15) is 55.4 Å². The van der Waals surface area contributed by atoms with Crippen LogP contribution in [0.15, 0.2) is 6.07 Å². The molecule has 0 saturated heterocycles. The molecular weight excluding hydrogens is 362 g/mol. The van der Waals surface area contributed by atoms with E-state index < -0.39 is 16.1 Å². The van der Waals surface area contributed by atoms with Gasteiger partial charge in [0.25, 0.3) is 0 Å². The Kier molecular flexibility index (Phi) is 6.42. The Bertz CT molecular complexity index is 769. The second-order valence-electron chi connectivity index (χ2n) is 7.49. The zero-order chi connectivity index (χ0) is 19.4. The van der Waals surface area contributed by atoms with Crippen molar-refractivity contribution in [2.24, 2.45) is 0 Å². The number of nitrogens with zero attached hydrogens (tertiary/aromatic N) is 1. The van der Waals surface area contributed by atoms with E-state index in [-0.39, 0.29) is 5.75 Å². The summed E-state index contributed by atoms with van der Waals surface area (Å²) in [6, 6.07) is 1.66. The molecule has 0 saturated carbocycles. The summed E-state index contributed by atoms with van der Waals surface area (Å²) >= 11 is 0. The van der Waals surface area contributed by atoms with Crippen LogP contribution in [0.3, 0.4) is 0 Å². The maximum Gasteiger partial charge on any atom is 0.332 e. The number of benzene rings is 1. The number of nitrogens with one attached hydrogen (secondary N) is 2. The van der Waals surface area contributed by atoms with Crippen LogP contribution in [0.2, 0.25) is 0 Å². The summed E-state index contributed by atoms with van der Waals surface area (Å²) in [6.07, 6.45) is 6.70. The highest BCUT2D eigenvalue weighted by molar-refractivity contribution is 7.90. The Hall–Kier alpha value is -1.60. The van der Waals surface area contributed by atoms with Crippen molar-refractivity contribution < 1.29 is 13.2 Å². The Morgan fingerprint density at radius 3 is 2.19 bits per heavy atom. The molecule has 0 heterocycles. The lowest BCUT2D eigenvalue weighted by Gasteiger charge is -2.18. The molecule has 0 bridgehead atoms. The molecule has 3 rings (SSSR count). The molecule has 27 heavy (non-hydrogen) atoms. The van der Waals surface area contributed by atoms with Gasteiger partial charge in [-0.15, -0.1) is 0 Å². The Morgan fingerprint density at radius 1 is 1.04 bits per heavy atom. The van der Waals surface area contributed by atoms with Crippen molar-refractivity contribution in [2.75, 3.05) is 30.7 Å². The van der Waals surface area contributed by atoms with Gasteiger partial charge in [-0.2, -0.15) is 0 Å². The number of hydrogen-bond acceptors (Lipinski definition) is 4. The van der Waals surface area contributed by atoms with Crippen LogP contribution in [-0.2, 0) is 35.7 Å². The highest BCUT2D eigenvalue weighted by Crippen LogP contribution is 2.38. The smallest absolute Gasteiger partial charge is 0.307 e. The minimum atomic E-state index is -3.63. The summed E-state index contributed by atoms with van der Waals surface area (Å²) < 4.78 is 26.7. The maximum absolute atomic E-state index is 12.4. The fourth-order valence-electron chi connectivity index (χ4n) is 4.32. The summed E-state index contributed by atoms with van der Waals surface area (Å²) in [4.78, 5) is 14.6. The van der Waals surface area contributed by atoms with Crippen LogP contribution in [0, 0.1) is 0 Å². The summed E-state index contributed by atoms with van der Waals surface area (Å²) in [5.41, 5.74) is 5.89. The number of fused-ring (bicyclic) bond motifs is 2. The van der Waals surface area contributed by atoms with E-state index in [0.29, 0.717) is 6.42 Å². The quantitative estimate of drug-likeness (QED) is 0.712. The van der Waals surface area contributed by atoms with Crippen molar-refractivity contribution in [1.82, 2.24) is 9.62 Å². The van der Waals surface area contributed by atoms with E-state index in [1.807, 2.05) is 0 Å². The number of carbonyl (C=O) groups excluding carboxylic acids is 1. The van der Waals surface area contributed by atoms with E-state index in [4.69, 9.17) is 0 Å². The molecule has 2 aliphatic rings. The largest absolute Gasteiger partial charge is 0.332 e. The van der Waals surface area contributed by atoms with E-state index in [1.54, 1.807) is 0 Å². The first-order valence-electron chi connectivity index (χ1n) is 10.1. The lowest BCUT2D eigenvalue weighted by Crippen LogP contribution is -2.37. The number of amides is 2. The molecule has 0 spiro atoms. The monoisotopic (exact) mass is 393 g/mol. The zero-order valence-corrected chi connectivity index (χ0v) is 17.3. The van der Waals surface area contributed by atoms with Gasteiger partial charge >= 0.3 is 6.03 Å². The highest BCUT2D eigenvalue weighted by Gasteiger charge is 2.25. The van der Waals surface area contributed by atoms with Crippen molar-refractivity contribution in [3.63, 3.8) is 0 Å². The topological polar surface area (TPSA) is 78.5 Å². The van der Waals surface area contributed by atoms with Crippen LogP contribution < -0.4 is 10.0 Å². The van der Waals surface area contributed by atoms with Crippen molar-refractivity contribution in [3.05, 3.63) is 28.3 Å². The fraction of sp³-hybridized carbons (Fsp3) is 0.650. The van der Waals surface area contributed by atoms with Gasteiger partial charge in [-0.3, -0.25) is 0 Å².